The SMILES string of the molecule is C[C@@H]1O[C@@H](O[C@H]2[C@H](O)[C@@H](CO)O[C@@H](O[C@H]3CO[C@@H](O[C@H]4CC[C@]5(C)[C@H]6CC[C@]78OC[C@@]9(CC[C@](C)(CO)C[C@H]97)C(=O)C[C@@]8(C)[C@]6(C)CC[C@H]5C4(C)C)[C@H](O[C@@H]4O[C@H](CO)[C@@H](O)[C@H](O)[C@H]4O)[C@H]3O)[C@@H]2O[C@@H]2OC[C@@H](O)[C@H](O)[C@H]2O)[C@H](O)[C@H](O)[C@H]1O. The molecule has 26 heteroatoms. The van der Waals surface area contributed by atoms with Crippen LogP contribution in [0.25, 0.3) is 0 Å². The lowest BCUT2D eigenvalue weighted by Gasteiger charge is -2.74. The van der Waals surface area contributed by atoms with Crippen molar-refractivity contribution in [3.8, 4) is 0 Å². The van der Waals surface area contributed by atoms with Crippen LogP contribution in [-0.2, 0) is 56.9 Å². The number of hydrogen-bond donors (Lipinski definition) is 14. The van der Waals surface area contributed by atoms with E-state index < -0.39 is 196 Å². The number of ketones is 1. The van der Waals surface area contributed by atoms with Gasteiger partial charge in [-0.25, -0.2) is 0 Å². The first-order valence-corrected chi connectivity index (χ1v) is 30.5. The highest BCUT2D eigenvalue weighted by Crippen LogP contribution is 2.80. The predicted octanol–water partition coefficient (Wildman–Crippen LogP) is -3.04. The average Bonchev–Trinajstić information content (AvgIpc) is 1.93. The van der Waals surface area contributed by atoms with Crippen LogP contribution in [0.2, 0.25) is 0 Å². The minimum Gasteiger partial charge on any atom is -0.396 e. The molecular weight excluding hydrogens is 1110 g/mol. The van der Waals surface area contributed by atoms with Crippen LogP contribution in [0.5, 0.6) is 0 Å². The first-order chi connectivity index (χ1) is 39.5. The summed E-state index contributed by atoms with van der Waals surface area (Å²) in [5.41, 5.74) is -2.90. The zero-order chi connectivity index (χ0) is 60.8. The summed E-state index contributed by atoms with van der Waals surface area (Å²) in [4.78, 5) is 14.8. The molecule has 0 aromatic rings. The Morgan fingerprint density at radius 1 is 0.524 bits per heavy atom. The summed E-state index contributed by atoms with van der Waals surface area (Å²) < 4.78 is 68.9. The van der Waals surface area contributed by atoms with Crippen molar-refractivity contribution in [1.82, 2.24) is 0 Å². The molecule has 11 fully saturated rings. The summed E-state index contributed by atoms with van der Waals surface area (Å²) in [5.74, 6) is 0.583. The van der Waals surface area contributed by atoms with Crippen LogP contribution in [0.4, 0.5) is 0 Å². The van der Waals surface area contributed by atoms with Gasteiger partial charge < -0.3 is 124 Å². The molecule has 482 valence electrons. The second kappa shape index (κ2) is 23.1. The van der Waals surface area contributed by atoms with Crippen LogP contribution in [0.1, 0.15) is 113 Å². The van der Waals surface area contributed by atoms with E-state index in [1.54, 1.807) is 0 Å². The van der Waals surface area contributed by atoms with Crippen molar-refractivity contribution in [2.24, 2.45) is 50.2 Å². The molecule has 26 nitrogen and oxygen atoms in total. The van der Waals surface area contributed by atoms with Crippen LogP contribution in [0.3, 0.4) is 0 Å². The monoisotopic (exact) mass is 1210 g/mol. The van der Waals surface area contributed by atoms with E-state index in [0.29, 0.717) is 25.2 Å². The van der Waals surface area contributed by atoms with Gasteiger partial charge in [-0.05, 0) is 98.2 Å². The third-order valence-corrected chi connectivity index (χ3v) is 23.9. The van der Waals surface area contributed by atoms with E-state index in [1.807, 2.05) is 0 Å². The summed E-state index contributed by atoms with van der Waals surface area (Å²) in [6.07, 6.45) is -32.9. The fraction of sp³-hybridized carbons (Fsp3) is 0.983. The second-order valence-electron chi connectivity index (χ2n) is 28.6. The summed E-state index contributed by atoms with van der Waals surface area (Å²) in [6.45, 7) is 12.7. The molecule has 6 aliphatic heterocycles. The molecule has 0 unspecified atom stereocenters. The third kappa shape index (κ3) is 9.88. The quantitative estimate of drug-likeness (QED) is 0.0815. The summed E-state index contributed by atoms with van der Waals surface area (Å²) in [5, 5.41) is 153. The van der Waals surface area contributed by atoms with Gasteiger partial charge in [0.15, 0.2) is 31.5 Å². The van der Waals surface area contributed by atoms with E-state index in [-0.39, 0.29) is 40.6 Å². The minimum absolute atomic E-state index is 0.0186. The fourth-order valence-corrected chi connectivity index (χ4v) is 18.6. The molecule has 1 spiro atoms. The van der Waals surface area contributed by atoms with E-state index in [0.717, 1.165) is 51.4 Å². The zero-order valence-corrected chi connectivity index (χ0v) is 49.1. The first kappa shape index (κ1) is 64.2. The maximum atomic E-state index is 14.8. The van der Waals surface area contributed by atoms with Crippen molar-refractivity contribution < 1.29 is 128 Å². The number of Topliss-reactive ketones (excluding diaryl/α,β-unsaturated/α-hetero) is 1. The topological polar surface area (TPSA) is 402 Å². The number of carbonyl (C=O) groups is 1. The smallest absolute Gasteiger partial charge is 0.187 e. The molecule has 84 heavy (non-hydrogen) atoms. The van der Waals surface area contributed by atoms with Crippen molar-refractivity contribution in [2.75, 3.05) is 39.6 Å². The highest BCUT2D eigenvalue weighted by atomic mass is 16.8. The predicted molar refractivity (Wildman–Crippen MR) is 282 cm³/mol. The van der Waals surface area contributed by atoms with Crippen LogP contribution >= 0.6 is 0 Å². The Kier molecular flexibility index (Phi) is 17.7. The molecule has 33 atom stereocenters. The van der Waals surface area contributed by atoms with Gasteiger partial charge in [-0.3, -0.25) is 4.79 Å². The van der Waals surface area contributed by atoms with Gasteiger partial charge >= 0.3 is 0 Å². The van der Waals surface area contributed by atoms with Crippen LogP contribution in [0.15, 0.2) is 0 Å². The number of ether oxygens (including phenoxy) is 11. The number of aliphatic hydroxyl groups excluding tert-OH is 14. The van der Waals surface area contributed by atoms with E-state index in [4.69, 9.17) is 52.1 Å². The van der Waals surface area contributed by atoms with Crippen LogP contribution in [0, 0.1) is 50.2 Å². The van der Waals surface area contributed by atoms with Gasteiger partial charge in [0.1, 0.15) is 110 Å². The van der Waals surface area contributed by atoms with E-state index in [9.17, 15) is 76.3 Å². The van der Waals surface area contributed by atoms with Crippen LogP contribution in [-0.4, -0.2) is 270 Å². The Labute approximate surface area is 488 Å². The Bertz CT molecular complexity index is 2340. The highest BCUT2D eigenvalue weighted by Gasteiger charge is 2.80. The van der Waals surface area contributed by atoms with Crippen molar-refractivity contribution >= 4 is 5.78 Å². The maximum absolute atomic E-state index is 14.8. The van der Waals surface area contributed by atoms with Gasteiger partial charge in [0.05, 0.1) is 56.3 Å². The molecule has 0 aromatic carbocycles. The highest BCUT2D eigenvalue weighted by molar-refractivity contribution is 5.88. The Morgan fingerprint density at radius 3 is 1.82 bits per heavy atom. The standard InChI is InChI=1S/C58H94O26/c1-24-34(64)39(69)42(72)48(77-24)82-44-37(67)27(19-60)79-51(46(44)84-47-41(71)35(65)25(62)20-74-47)80-28-21-75-50(45(38(28)68)83-49-43(73)40(70)36(66)26(18-59)78-49)81-33-10-11-54(5)29(52(33,2)3)8-12-55(6)30(54)9-13-58-31-16-53(4,22-61)14-15-57(31,23-76-58)32(63)17-56(55,58)7/h24-31,33-51,59-62,64-73H,8-23H2,1-7H3/t24-,25+,26+,27+,28-,29-,30+,31+,33-,34-,35-,36+,37+,38-,39+,40-,41+,42+,43+,44-,45+,46+,47-,48-,49-,50-,51-,53-,54-,55+,56-,57+,58-/m0/s1. The van der Waals surface area contributed by atoms with Gasteiger partial charge in [-0.1, -0.05) is 41.5 Å². The molecule has 2 bridgehead atoms. The molecule has 11 rings (SSSR count). The molecule has 14 N–H and O–H groups in total. The summed E-state index contributed by atoms with van der Waals surface area (Å²) >= 11 is 0. The number of rotatable bonds is 13. The van der Waals surface area contributed by atoms with Crippen molar-refractivity contribution in [2.45, 2.75) is 266 Å². The van der Waals surface area contributed by atoms with Crippen molar-refractivity contribution in [3.63, 3.8) is 0 Å². The molecular formula is C58H94O26. The number of hydrogen-bond acceptors (Lipinski definition) is 26. The number of fused-ring (bicyclic) bond motifs is 4. The molecule has 0 radical (unpaired) electrons. The van der Waals surface area contributed by atoms with Gasteiger partial charge in [-0.15, -0.1) is 0 Å². The lowest BCUT2D eigenvalue weighted by atomic mass is 9.30. The molecule has 6 heterocycles. The summed E-state index contributed by atoms with van der Waals surface area (Å²) in [7, 11) is 0. The molecule has 0 amide bonds. The van der Waals surface area contributed by atoms with Gasteiger partial charge in [0, 0.05) is 24.4 Å². The number of carbonyl (C=O) groups excluding carboxylic acids is 1. The molecule has 5 saturated carbocycles. The normalized spacial score (nSPS) is 57.3. The van der Waals surface area contributed by atoms with Crippen LogP contribution < -0.4 is 0 Å². The van der Waals surface area contributed by atoms with E-state index in [2.05, 4.69) is 41.5 Å². The Hall–Kier alpha value is -1.33. The van der Waals surface area contributed by atoms with E-state index in [1.165, 1.54) is 6.92 Å². The molecule has 0 aromatic heterocycles. The van der Waals surface area contributed by atoms with Crippen molar-refractivity contribution in [3.05, 3.63) is 0 Å². The Morgan fingerprint density at radius 2 is 1.13 bits per heavy atom. The van der Waals surface area contributed by atoms with Gasteiger partial charge in [-0.2, -0.15) is 0 Å². The maximum Gasteiger partial charge on any atom is 0.187 e. The largest absolute Gasteiger partial charge is 0.396 e. The number of aliphatic hydroxyl groups is 14. The lowest BCUT2D eigenvalue weighted by Crippen LogP contribution is -2.73. The minimum atomic E-state index is -1.95. The van der Waals surface area contributed by atoms with Gasteiger partial charge in [0.2, 0.25) is 0 Å². The third-order valence-electron chi connectivity index (χ3n) is 23.9. The van der Waals surface area contributed by atoms with E-state index >= 15 is 0 Å². The lowest BCUT2D eigenvalue weighted by molar-refractivity contribution is -0.404. The zero-order valence-electron chi connectivity index (χ0n) is 49.1. The Balaban J connectivity index is 0.866. The van der Waals surface area contributed by atoms with Gasteiger partial charge in [0.25, 0.3) is 0 Å². The molecule has 11 aliphatic rings. The first-order valence-electron chi connectivity index (χ1n) is 30.5. The fourth-order valence-electron chi connectivity index (χ4n) is 18.6. The van der Waals surface area contributed by atoms with Crippen molar-refractivity contribution in [1.29, 1.82) is 0 Å². The molecule has 6 saturated heterocycles. The molecule has 5 aliphatic carbocycles. The average molecular weight is 1210 g/mol. The summed E-state index contributed by atoms with van der Waals surface area (Å²) in [6, 6.07) is 0. The second-order valence-corrected chi connectivity index (χ2v) is 28.6.